The number of nitriles is 1. The van der Waals surface area contributed by atoms with Gasteiger partial charge in [0, 0.05) is 12.3 Å². The van der Waals surface area contributed by atoms with E-state index in [2.05, 4.69) is 13.0 Å². The van der Waals surface area contributed by atoms with Gasteiger partial charge in [-0.3, -0.25) is 4.79 Å². The van der Waals surface area contributed by atoms with Crippen LogP contribution >= 0.6 is 0 Å². The van der Waals surface area contributed by atoms with Crippen molar-refractivity contribution >= 4 is 5.78 Å². The molecule has 0 saturated heterocycles. The van der Waals surface area contributed by atoms with E-state index in [-0.39, 0.29) is 23.9 Å². The minimum absolute atomic E-state index is 0.0557. The summed E-state index contributed by atoms with van der Waals surface area (Å²) in [5.41, 5.74) is 1.59. The number of allylic oxidation sites excluding steroid dienone is 1. The molecule has 4 heteroatoms. The SMILES string of the molecule is CCCCCC(=O)C=C[C@@H]1[C@@H]2CC(OCc3ccccc3C#N)C[C@H]2C[C@H]1O. The molecule has 0 heterocycles. The van der Waals surface area contributed by atoms with Crippen LogP contribution in [0.3, 0.4) is 0 Å². The standard InChI is InChI=1S/C24H31NO3/c1-2-3-4-9-20(26)10-11-22-23-14-21(12-19(23)13-24(22)27)28-16-18-8-6-5-7-17(18)15-25/h5-8,10-11,19,21-24,27H,2-4,9,12-14,16H2,1H3/t19-,21?,22+,23+,24+/m0/s1. The van der Waals surface area contributed by atoms with Crippen molar-refractivity contribution in [2.75, 3.05) is 0 Å². The van der Waals surface area contributed by atoms with Crippen molar-refractivity contribution in [2.45, 2.75) is 70.7 Å². The third-order valence-electron chi connectivity index (χ3n) is 6.33. The van der Waals surface area contributed by atoms with Crippen molar-refractivity contribution in [3.63, 3.8) is 0 Å². The van der Waals surface area contributed by atoms with E-state index in [1.165, 1.54) is 0 Å². The summed E-state index contributed by atoms with van der Waals surface area (Å²) in [6.07, 6.45) is 9.86. The van der Waals surface area contributed by atoms with Crippen molar-refractivity contribution < 1.29 is 14.6 Å². The van der Waals surface area contributed by atoms with Gasteiger partial charge in [0.2, 0.25) is 0 Å². The zero-order valence-corrected chi connectivity index (χ0v) is 16.7. The number of nitrogens with zero attached hydrogens (tertiary/aromatic N) is 1. The van der Waals surface area contributed by atoms with Gasteiger partial charge in [0.05, 0.1) is 30.4 Å². The highest BCUT2D eigenvalue weighted by atomic mass is 16.5. The van der Waals surface area contributed by atoms with Gasteiger partial charge in [-0.05, 0) is 55.2 Å². The molecule has 150 valence electrons. The second kappa shape index (κ2) is 10.0. The molecule has 1 N–H and O–H groups in total. The number of fused-ring (bicyclic) bond motifs is 1. The average Bonchev–Trinajstić information content (AvgIpc) is 3.21. The summed E-state index contributed by atoms with van der Waals surface area (Å²) in [5, 5.41) is 19.7. The molecule has 4 nitrogen and oxygen atoms in total. The normalized spacial score (nSPS) is 29.1. The lowest BCUT2D eigenvalue weighted by Crippen LogP contribution is -2.19. The summed E-state index contributed by atoms with van der Waals surface area (Å²) in [7, 11) is 0. The third-order valence-corrected chi connectivity index (χ3v) is 6.33. The van der Waals surface area contributed by atoms with Gasteiger partial charge in [0.25, 0.3) is 0 Å². The Bertz CT molecular complexity index is 736. The average molecular weight is 382 g/mol. The van der Waals surface area contributed by atoms with Gasteiger partial charge in [0.1, 0.15) is 0 Å². The molecule has 28 heavy (non-hydrogen) atoms. The fourth-order valence-electron chi connectivity index (χ4n) is 4.82. The van der Waals surface area contributed by atoms with Crippen molar-refractivity contribution in [3.05, 3.63) is 47.5 Å². The highest BCUT2D eigenvalue weighted by Crippen LogP contribution is 2.49. The Morgan fingerprint density at radius 1 is 1.29 bits per heavy atom. The van der Waals surface area contributed by atoms with Gasteiger partial charge in [-0.25, -0.2) is 0 Å². The van der Waals surface area contributed by atoms with Crippen LogP contribution in [-0.2, 0) is 16.1 Å². The van der Waals surface area contributed by atoms with Crippen molar-refractivity contribution in [3.8, 4) is 6.07 Å². The molecule has 2 fully saturated rings. The molecule has 2 saturated carbocycles. The molecule has 0 bridgehead atoms. The number of carbonyl (C=O) groups excluding carboxylic acids is 1. The number of unbranched alkanes of at least 4 members (excludes halogenated alkanes) is 2. The maximum absolute atomic E-state index is 12.0. The first-order chi connectivity index (χ1) is 13.6. The molecule has 0 spiro atoms. The lowest BCUT2D eigenvalue weighted by Gasteiger charge is -2.19. The molecule has 5 atom stereocenters. The summed E-state index contributed by atoms with van der Waals surface area (Å²) in [5.74, 6) is 1.06. The molecule has 2 aliphatic rings. The number of ether oxygens (including phenoxy) is 1. The van der Waals surface area contributed by atoms with Gasteiger partial charge >= 0.3 is 0 Å². The minimum Gasteiger partial charge on any atom is -0.392 e. The fraction of sp³-hybridized carbons (Fsp3) is 0.583. The van der Waals surface area contributed by atoms with E-state index in [0.29, 0.717) is 30.4 Å². The van der Waals surface area contributed by atoms with E-state index in [4.69, 9.17) is 4.74 Å². The zero-order chi connectivity index (χ0) is 19.9. The molecule has 0 radical (unpaired) electrons. The molecule has 1 aromatic carbocycles. The molecular weight excluding hydrogens is 350 g/mol. The predicted octanol–water partition coefficient (Wildman–Crippen LogP) is 4.56. The van der Waals surface area contributed by atoms with Gasteiger partial charge in [-0.1, -0.05) is 44.0 Å². The monoisotopic (exact) mass is 381 g/mol. The van der Waals surface area contributed by atoms with E-state index < -0.39 is 0 Å². The van der Waals surface area contributed by atoms with E-state index in [0.717, 1.165) is 44.1 Å². The topological polar surface area (TPSA) is 70.3 Å². The fourth-order valence-corrected chi connectivity index (χ4v) is 4.82. The van der Waals surface area contributed by atoms with Crippen LogP contribution in [0.4, 0.5) is 0 Å². The van der Waals surface area contributed by atoms with E-state index >= 15 is 0 Å². The molecular formula is C24H31NO3. The number of ketones is 1. The predicted molar refractivity (Wildman–Crippen MR) is 108 cm³/mol. The van der Waals surface area contributed by atoms with Crippen LogP contribution in [0.15, 0.2) is 36.4 Å². The van der Waals surface area contributed by atoms with Gasteiger partial charge in [-0.15, -0.1) is 0 Å². The molecule has 3 rings (SSSR count). The maximum atomic E-state index is 12.0. The Kier molecular flexibility index (Phi) is 7.42. The van der Waals surface area contributed by atoms with Crippen molar-refractivity contribution in [2.24, 2.45) is 17.8 Å². The number of carbonyl (C=O) groups is 1. The quantitative estimate of drug-likeness (QED) is 0.503. The van der Waals surface area contributed by atoms with Crippen LogP contribution in [0.2, 0.25) is 0 Å². The maximum Gasteiger partial charge on any atom is 0.155 e. The number of aliphatic hydroxyl groups excluding tert-OH is 1. The van der Waals surface area contributed by atoms with Gasteiger partial charge in [0.15, 0.2) is 5.78 Å². The Balaban J connectivity index is 1.52. The van der Waals surface area contributed by atoms with Gasteiger partial charge in [-0.2, -0.15) is 5.26 Å². The van der Waals surface area contributed by atoms with E-state index in [9.17, 15) is 15.2 Å². The Hall–Kier alpha value is -1.96. The number of aliphatic hydroxyl groups is 1. The number of hydrogen-bond donors (Lipinski definition) is 1. The molecule has 1 aromatic rings. The molecule has 0 amide bonds. The highest BCUT2D eigenvalue weighted by molar-refractivity contribution is 5.89. The first-order valence-electron chi connectivity index (χ1n) is 10.6. The number of benzene rings is 1. The lowest BCUT2D eigenvalue weighted by atomic mass is 9.90. The smallest absolute Gasteiger partial charge is 0.155 e. The highest BCUT2D eigenvalue weighted by Gasteiger charge is 2.47. The van der Waals surface area contributed by atoms with Crippen LogP contribution in [0, 0.1) is 29.1 Å². The van der Waals surface area contributed by atoms with Gasteiger partial charge < -0.3 is 9.84 Å². The van der Waals surface area contributed by atoms with Crippen LogP contribution in [0.5, 0.6) is 0 Å². The first kappa shape index (κ1) is 20.8. The van der Waals surface area contributed by atoms with Crippen LogP contribution in [0.1, 0.15) is 63.0 Å². The minimum atomic E-state index is -0.352. The number of rotatable bonds is 9. The Labute approximate surface area is 168 Å². The number of hydrogen-bond acceptors (Lipinski definition) is 4. The first-order valence-corrected chi connectivity index (χ1v) is 10.6. The molecule has 1 unspecified atom stereocenters. The largest absolute Gasteiger partial charge is 0.392 e. The van der Waals surface area contributed by atoms with E-state index in [1.807, 2.05) is 30.3 Å². The summed E-state index contributed by atoms with van der Waals surface area (Å²) in [4.78, 5) is 12.0. The van der Waals surface area contributed by atoms with Crippen molar-refractivity contribution in [1.29, 1.82) is 5.26 Å². The van der Waals surface area contributed by atoms with Crippen molar-refractivity contribution in [1.82, 2.24) is 0 Å². The Morgan fingerprint density at radius 3 is 2.89 bits per heavy atom. The van der Waals surface area contributed by atoms with E-state index in [1.54, 1.807) is 6.08 Å². The van der Waals surface area contributed by atoms with Crippen LogP contribution in [0.25, 0.3) is 0 Å². The summed E-state index contributed by atoms with van der Waals surface area (Å²) in [6, 6.07) is 9.76. The van der Waals surface area contributed by atoms with Crippen LogP contribution in [-0.4, -0.2) is 23.1 Å². The molecule has 0 aromatic heterocycles. The second-order valence-electron chi connectivity index (χ2n) is 8.26. The molecule has 2 aliphatic carbocycles. The molecule has 0 aliphatic heterocycles. The zero-order valence-electron chi connectivity index (χ0n) is 16.7. The second-order valence-corrected chi connectivity index (χ2v) is 8.26. The van der Waals surface area contributed by atoms with Crippen LogP contribution < -0.4 is 0 Å². The lowest BCUT2D eigenvalue weighted by molar-refractivity contribution is -0.114. The Morgan fingerprint density at radius 2 is 2.11 bits per heavy atom. The summed E-state index contributed by atoms with van der Waals surface area (Å²) in [6.45, 7) is 2.58. The third kappa shape index (κ3) is 5.10. The summed E-state index contributed by atoms with van der Waals surface area (Å²) >= 11 is 0. The summed E-state index contributed by atoms with van der Waals surface area (Å²) < 4.78 is 6.12.